The molecule has 0 aromatic carbocycles. The molecule has 0 amide bonds. The van der Waals surface area contributed by atoms with E-state index in [1.54, 1.807) is 0 Å². The zero-order chi connectivity index (χ0) is 11.2. The molecule has 14 heavy (non-hydrogen) atoms. The summed E-state index contributed by atoms with van der Waals surface area (Å²) in [6.07, 6.45) is 2.49. The molecule has 0 aliphatic carbocycles. The van der Waals surface area contributed by atoms with Gasteiger partial charge in [-0.25, -0.2) is 0 Å². The lowest BCUT2D eigenvalue weighted by Crippen LogP contribution is -2.32. The van der Waals surface area contributed by atoms with Crippen LogP contribution in [-0.4, -0.2) is 18.6 Å². The van der Waals surface area contributed by atoms with E-state index >= 15 is 0 Å². The van der Waals surface area contributed by atoms with Crippen molar-refractivity contribution in [1.82, 2.24) is 0 Å². The highest BCUT2D eigenvalue weighted by Gasteiger charge is 2.15. The number of carbonyl (C=O) groups excluding carboxylic acids is 1. The summed E-state index contributed by atoms with van der Waals surface area (Å²) in [5, 5.41) is 0. The number of ether oxygens (including phenoxy) is 1. The molecule has 0 radical (unpaired) electrons. The largest absolute Gasteiger partial charge is 0.465 e. The second-order valence-corrected chi connectivity index (χ2v) is 4.87. The van der Waals surface area contributed by atoms with Gasteiger partial charge < -0.3 is 10.5 Å². The molecule has 0 spiro atoms. The highest BCUT2D eigenvalue weighted by Crippen LogP contribution is 2.18. The molecular weight excluding hydrogens is 178 g/mol. The standard InChI is InChI=1S/C11H23NO2/c1-5-6-9(12)10(13)14-8-7-11(2,3)4/h9H,5-8,12H2,1-4H3. The number of nitrogens with two attached hydrogens (primary N) is 1. The normalized spacial score (nSPS) is 13.8. The topological polar surface area (TPSA) is 52.3 Å². The number of hydrogen-bond acceptors (Lipinski definition) is 3. The Hall–Kier alpha value is -0.570. The minimum Gasteiger partial charge on any atom is -0.465 e. The molecule has 1 atom stereocenters. The maximum Gasteiger partial charge on any atom is 0.322 e. The van der Waals surface area contributed by atoms with Gasteiger partial charge in [0.05, 0.1) is 6.61 Å². The zero-order valence-corrected chi connectivity index (χ0v) is 9.80. The molecule has 0 saturated carbocycles. The maximum absolute atomic E-state index is 11.3. The number of hydrogen-bond donors (Lipinski definition) is 1. The van der Waals surface area contributed by atoms with E-state index in [-0.39, 0.29) is 11.4 Å². The van der Waals surface area contributed by atoms with Gasteiger partial charge in [0.25, 0.3) is 0 Å². The molecule has 0 fully saturated rings. The van der Waals surface area contributed by atoms with Crippen molar-refractivity contribution < 1.29 is 9.53 Å². The van der Waals surface area contributed by atoms with Crippen LogP contribution in [0.15, 0.2) is 0 Å². The Labute approximate surface area is 87.0 Å². The Kier molecular flexibility index (Phi) is 5.77. The van der Waals surface area contributed by atoms with Crippen LogP contribution in [0.3, 0.4) is 0 Å². The highest BCUT2D eigenvalue weighted by atomic mass is 16.5. The zero-order valence-electron chi connectivity index (χ0n) is 9.80. The molecule has 0 rings (SSSR count). The first kappa shape index (κ1) is 13.4. The summed E-state index contributed by atoms with van der Waals surface area (Å²) >= 11 is 0. The Balaban J connectivity index is 3.64. The fourth-order valence-electron chi connectivity index (χ4n) is 0.994. The molecule has 0 aromatic rings. The third-order valence-electron chi connectivity index (χ3n) is 2.00. The average Bonchev–Trinajstić information content (AvgIpc) is 2.02. The molecule has 0 aliphatic rings. The van der Waals surface area contributed by atoms with Crippen LogP contribution >= 0.6 is 0 Å². The van der Waals surface area contributed by atoms with Crippen LogP contribution in [-0.2, 0) is 9.53 Å². The van der Waals surface area contributed by atoms with Crippen molar-refractivity contribution in [2.45, 2.75) is 53.0 Å². The molecule has 0 aromatic heterocycles. The molecule has 3 heteroatoms. The van der Waals surface area contributed by atoms with E-state index in [0.717, 1.165) is 12.8 Å². The van der Waals surface area contributed by atoms with Gasteiger partial charge in [-0.3, -0.25) is 4.79 Å². The molecule has 0 aliphatic heterocycles. The van der Waals surface area contributed by atoms with E-state index in [2.05, 4.69) is 20.8 Å². The first-order valence-corrected chi connectivity index (χ1v) is 5.29. The van der Waals surface area contributed by atoms with Gasteiger partial charge in [-0.15, -0.1) is 0 Å². The van der Waals surface area contributed by atoms with E-state index in [0.29, 0.717) is 13.0 Å². The number of rotatable bonds is 5. The minimum atomic E-state index is -0.444. The average molecular weight is 201 g/mol. The van der Waals surface area contributed by atoms with Crippen molar-refractivity contribution in [3.63, 3.8) is 0 Å². The summed E-state index contributed by atoms with van der Waals surface area (Å²) in [7, 11) is 0. The van der Waals surface area contributed by atoms with Crippen molar-refractivity contribution in [3.05, 3.63) is 0 Å². The van der Waals surface area contributed by atoms with E-state index in [9.17, 15) is 4.79 Å². The van der Waals surface area contributed by atoms with Gasteiger partial charge in [0.15, 0.2) is 0 Å². The summed E-state index contributed by atoms with van der Waals surface area (Å²) < 4.78 is 5.07. The van der Waals surface area contributed by atoms with E-state index in [4.69, 9.17) is 10.5 Å². The Morgan fingerprint density at radius 3 is 2.43 bits per heavy atom. The Bertz CT molecular complexity index is 173. The fourth-order valence-corrected chi connectivity index (χ4v) is 0.994. The van der Waals surface area contributed by atoms with Crippen molar-refractivity contribution in [2.24, 2.45) is 11.1 Å². The number of carbonyl (C=O) groups is 1. The Morgan fingerprint density at radius 2 is 2.00 bits per heavy atom. The maximum atomic E-state index is 11.3. The van der Waals surface area contributed by atoms with Gasteiger partial charge in [0, 0.05) is 0 Å². The summed E-state index contributed by atoms with van der Waals surface area (Å²) in [5.74, 6) is -0.267. The predicted octanol–water partition coefficient (Wildman–Crippen LogP) is 2.09. The molecule has 0 bridgehead atoms. The lowest BCUT2D eigenvalue weighted by Gasteiger charge is -2.18. The first-order valence-electron chi connectivity index (χ1n) is 5.29. The quantitative estimate of drug-likeness (QED) is 0.693. The number of esters is 1. The molecule has 3 nitrogen and oxygen atoms in total. The summed E-state index contributed by atoms with van der Waals surface area (Å²) in [6.45, 7) is 8.83. The SMILES string of the molecule is CCCC(N)C(=O)OCCC(C)(C)C. The van der Waals surface area contributed by atoms with Crippen molar-refractivity contribution in [2.75, 3.05) is 6.61 Å². The van der Waals surface area contributed by atoms with Gasteiger partial charge in [-0.2, -0.15) is 0 Å². The molecule has 84 valence electrons. The smallest absolute Gasteiger partial charge is 0.322 e. The van der Waals surface area contributed by atoms with E-state index < -0.39 is 6.04 Å². The monoisotopic (exact) mass is 201 g/mol. The Morgan fingerprint density at radius 1 is 1.43 bits per heavy atom. The van der Waals surface area contributed by atoms with Gasteiger partial charge in [0.2, 0.25) is 0 Å². The van der Waals surface area contributed by atoms with Crippen LogP contribution in [0.1, 0.15) is 47.0 Å². The predicted molar refractivity (Wildman–Crippen MR) is 57.9 cm³/mol. The van der Waals surface area contributed by atoms with Crippen molar-refractivity contribution in [3.8, 4) is 0 Å². The second kappa shape index (κ2) is 6.02. The van der Waals surface area contributed by atoms with Crippen LogP contribution < -0.4 is 5.73 Å². The summed E-state index contributed by atoms with van der Waals surface area (Å²) in [5.41, 5.74) is 5.81. The molecule has 0 heterocycles. The highest BCUT2D eigenvalue weighted by molar-refractivity contribution is 5.75. The third-order valence-corrected chi connectivity index (χ3v) is 2.00. The molecule has 0 saturated heterocycles. The summed E-state index contributed by atoms with van der Waals surface area (Å²) in [6, 6.07) is -0.444. The fraction of sp³-hybridized carbons (Fsp3) is 0.909. The summed E-state index contributed by atoms with van der Waals surface area (Å²) in [4.78, 5) is 11.3. The molecule has 2 N–H and O–H groups in total. The van der Waals surface area contributed by atoms with Crippen LogP contribution in [0.4, 0.5) is 0 Å². The van der Waals surface area contributed by atoms with E-state index in [1.807, 2.05) is 6.92 Å². The van der Waals surface area contributed by atoms with Gasteiger partial charge >= 0.3 is 5.97 Å². The van der Waals surface area contributed by atoms with Crippen LogP contribution in [0.25, 0.3) is 0 Å². The van der Waals surface area contributed by atoms with Crippen LogP contribution in [0.5, 0.6) is 0 Å². The van der Waals surface area contributed by atoms with Gasteiger partial charge in [-0.05, 0) is 18.3 Å². The molecule has 1 unspecified atom stereocenters. The van der Waals surface area contributed by atoms with Gasteiger partial charge in [0.1, 0.15) is 6.04 Å². The first-order chi connectivity index (χ1) is 6.37. The van der Waals surface area contributed by atoms with Gasteiger partial charge in [-0.1, -0.05) is 34.1 Å². The lowest BCUT2D eigenvalue weighted by molar-refractivity contribution is -0.146. The molecular formula is C11H23NO2. The second-order valence-electron chi connectivity index (χ2n) is 4.87. The minimum absolute atomic E-state index is 0.204. The van der Waals surface area contributed by atoms with Crippen molar-refractivity contribution in [1.29, 1.82) is 0 Å². The third kappa shape index (κ3) is 6.89. The van der Waals surface area contributed by atoms with Crippen molar-refractivity contribution >= 4 is 5.97 Å². The lowest BCUT2D eigenvalue weighted by atomic mass is 9.93. The van der Waals surface area contributed by atoms with Crippen LogP contribution in [0, 0.1) is 5.41 Å². The van der Waals surface area contributed by atoms with Crippen LogP contribution in [0.2, 0.25) is 0 Å². The van der Waals surface area contributed by atoms with E-state index in [1.165, 1.54) is 0 Å².